The van der Waals surface area contributed by atoms with Crippen LogP contribution in [-0.4, -0.2) is 66.6 Å². The predicted octanol–water partition coefficient (Wildman–Crippen LogP) is 5.97. The third-order valence-electron chi connectivity index (χ3n) is 6.78. The number of aromatic nitrogens is 1. The second-order valence-electron chi connectivity index (χ2n) is 9.55. The second-order valence-corrected chi connectivity index (χ2v) is 9.96. The monoisotopic (exact) mass is 561 g/mol. The second kappa shape index (κ2) is 14.5. The Kier molecular flexibility index (Phi) is 10.6. The van der Waals surface area contributed by atoms with Crippen LogP contribution in [0.2, 0.25) is 5.02 Å². The van der Waals surface area contributed by atoms with Gasteiger partial charge in [-0.25, -0.2) is 0 Å². The molecule has 1 N–H and O–H groups in total. The third-order valence-corrected chi connectivity index (χ3v) is 7.11. The Morgan fingerprint density at radius 2 is 1.68 bits per heavy atom. The van der Waals surface area contributed by atoms with Crippen molar-refractivity contribution in [1.82, 2.24) is 14.8 Å². The highest BCUT2D eigenvalue weighted by Gasteiger charge is 2.24. The van der Waals surface area contributed by atoms with E-state index in [1.54, 1.807) is 36.3 Å². The van der Waals surface area contributed by atoms with E-state index in [0.29, 0.717) is 56.3 Å². The van der Waals surface area contributed by atoms with E-state index in [9.17, 15) is 9.59 Å². The van der Waals surface area contributed by atoms with E-state index in [4.69, 9.17) is 21.1 Å². The Bertz CT molecular complexity index is 1400. The largest absolute Gasteiger partial charge is 0.494 e. The average molecular weight is 562 g/mol. The van der Waals surface area contributed by atoms with Crippen molar-refractivity contribution in [2.45, 2.75) is 26.3 Å². The molecule has 210 valence electrons. The van der Waals surface area contributed by atoms with Crippen molar-refractivity contribution in [1.29, 1.82) is 0 Å². The van der Waals surface area contributed by atoms with E-state index >= 15 is 0 Å². The van der Waals surface area contributed by atoms with Crippen LogP contribution in [0.5, 0.6) is 5.75 Å². The number of benzene rings is 3. The van der Waals surface area contributed by atoms with Gasteiger partial charge >= 0.3 is 0 Å². The van der Waals surface area contributed by atoms with Gasteiger partial charge in [0, 0.05) is 50.5 Å². The zero-order chi connectivity index (χ0) is 28.3. The highest BCUT2D eigenvalue weighted by molar-refractivity contribution is 6.33. The van der Waals surface area contributed by atoms with Gasteiger partial charge in [-0.15, -0.1) is 0 Å². The van der Waals surface area contributed by atoms with E-state index in [1.165, 1.54) is 0 Å². The number of halogens is 1. The Morgan fingerprint density at radius 1 is 0.925 bits per heavy atom. The van der Waals surface area contributed by atoms with Crippen LogP contribution in [0.15, 0.2) is 79.0 Å². The Labute approximate surface area is 240 Å². The molecule has 0 spiro atoms. The maximum absolute atomic E-state index is 13.8. The first kappa shape index (κ1) is 29.2. The number of carbonyl (C=O) groups is 2. The number of ether oxygens (including phenoxy) is 2. The molecular formula is C32H36ClN3O4. The molecule has 0 bridgehead atoms. The van der Waals surface area contributed by atoms with Crippen LogP contribution < -0.4 is 4.74 Å². The molecule has 4 rings (SSSR count). The number of nitrogens with zero attached hydrogens (tertiary/aromatic N) is 2. The van der Waals surface area contributed by atoms with Crippen molar-refractivity contribution in [3.63, 3.8) is 0 Å². The molecule has 0 radical (unpaired) electrons. The summed E-state index contributed by atoms with van der Waals surface area (Å²) in [4.78, 5) is 34.0. The molecule has 7 nitrogen and oxygen atoms in total. The lowest BCUT2D eigenvalue weighted by atomic mass is 10.1. The fraction of sp³-hybridized carbons (Fsp3) is 0.312. The number of H-pyrrole nitrogens is 1. The summed E-state index contributed by atoms with van der Waals surface area (Å²) >= 11 is 6.34. The zero-order valence-electron chi connectivity index (χ0n) is 23.1. The molecule has 40 heavy (non-hydrogen) atoms. The lowest BCUT2D eigenvalue weighted by Crippen LogP contribution is -2.44. The minimum atomic E-state index is -0.271. The van der Waals surface area contributed by atoms with Crippen molar-refractivity contribution in [2.75, 3.05) is 40.0 Å². The highest BCUT2D eigenvalue weighted by atomic mass is 35.5. The molecule has 0 saturated carbocycles. The summed E-state index contributed by atoms with van der Waals surface area (Å²) in [6, 6.07) is 22.8. The number of hydrogen-bond donors (Lipinski definition) is 1. The molecule has 1 heterocycles. The molecule has 0 aliphatic heterocycles. The quantitative estimate of drug-likeness (QED) is 0.192. The smallest absolute Gasteiger partial charge is 0.255 e. The first-order chi connectivity index (χ1) is 19.5. The highest BCUT2D eigenvalue weighted by Crippen LogP contribution is 2.21. The van der Waals surface area contributed by atoms with Crippen LogP contribution in [0.4, 0.5) is 0 Å². The number of para-hydroxylation sites is 1. The fourth-order valence-corrected chi connectivity index (χ4v) is 4.90. The third kappa shape index (κ3) is 7.64. The molecule has 0 aliphatic rings. The maximum Gasteiger partial charge on any atom is 0.255 e. The van der Waals surface area contributed by atoms with Gasteiger partial charge in [-0.05, 0) is 61.2 Å². The van der Waals surface area contributed by atoms with Crippen LogP contribution >= 0.6 is 11.6 Å². The molecule has 2 amide bonds. The Morgan fingerprint density at radius 3 is 2.42 bits per heavy atom. The Hall–Kier alpha value is -3.81. The normalized spacial score (nSPS) is 11.0. The van der Waals surface area contributed by atoms with Crippen LogP contribution in [0, 0.1) is 0 Å². The van der Waals surface area contributed by atoms with Gasteiger partial charge in [0.1, 0.15) is 12.3 Å². The summed E-state index contributed by atoms with van der Waals surface area (Å²) in [5, 5.41) is 1.51. The lowest BCUT2D eigenvalue weighted by molar-refractivity contribution is -0.132. The number of aromatic amines is 1. The number of methoxy groups -OCH3 is 1. The van der Waals surface area contributed by atoms with E-state index < -0.39 is 0 Å². The van der Waals surface area contributed by atoms with Crippen LogP contribution in [0.1, 0.15) is 34.8 Å². The van der Waals surface area contributed by atoms with Crippen molar-refractivity contribution >= 4 is 34.3 Å². The van der Waals surface area contributed by atoms with Gasteiger partial charge in [0.2, 0.25) is 5.91 Å². The number of carbonyl (C=O) groups excluding carboxylic acids is 2. The Balaban J connectivity index is 1.55. The summed E-state index contributed by atoms with van der Waals surface area (Å²) < 4.78 is 10.8. The van der Waals surface area contributed by atoms with E-state index in [1.807, 2.05) is 60.5 Å². The molecule has 0 aliphatic carbocycles. The van der Waals surface area contributed by atoms with Crippen molar-refractivity contribution in [3.8, 4) is 5.75 Å². The number of hydrogen-bond acceptors (Lipinski definition) is 4. The molecule has 8 heteroatoms. The predicted molar refractivity (Wildman–Crippen MR) is 159 cm³/mol. The van der Waals surface area contributed by atoms with Gasteiger partial charge in [0.05, 0.1) is 17.2 Å². The van der Waals surface area contributed by atoms with Gasteiger partial charge in [0.15, 0.2) is 0 Å². The van der Waals surface area contributed by atoms with Gasteiger partial charge in [0.25, 0.3) is 5.91 Å². The van der Waals surface area contributed by atoms with Gasteiger partial charge in [-0.1, -0.05) is 54.1 Å². The number of nitrogens with one attached hydrogen (secondary N) is 1. The summed E-state index contributed by atoms with van der Waals surface area (Å²) in [5.74, 6) is 0.386. The first-order valence-electron chi connectivity index (χ1n) is 13.6. The summed E-state index contributed by atoms with van der Waals surface area (Å²) in [6.07, 6.45) is 3.28. The van der Waals surface area contributed by atoms with Gasteiger partial charge < -0.3 is 24.3 Å². The molecule has 1 aromatic heterocycles. The number of rotatable bonds is 14. The summed E-state index contributed by atoms with van der Waals surface area (Å²) in [5.41, 5.74) is 3.58. The van der Waals surface area contributed by atoms with E-state index in [0.717, 1.165) is 27.8 Å². The van der Waals surface area contributed by atoms with Crippen LogP contribution in [0.25, 0.3) is 10.9 Å². The summed E-state index contributed by atoms with van der Waals surface area (Å²) in [7, 11) is 1.62. The zero-order valence-corrected chi connectivity index (χ0v) is 23.8. The van der Waals surface area contributed by atoms with Crippen molar-refractivity contribution < 1.29 is 19.1 Å². The van der Waals surface area contributed by atoms with Gasteiger partial charge in [-0.2, -0.15) is 0 Å². The molecule has 4 aromatic rings. The fourth-order valence-electron chi connectivity index (χ4n) is 4.68. The average Bonchev–Trinajstić information content (AvgIpc) is 3.39. The SMILES string of the molecule is CCOc1ccc(CN(CCc2c[nH]c3ccccc23)C(=O)CN(CCCOC)C(=O)c2ccccc2Cl)cc1. The number of amides is 2. The molecule has 0 unspecified atom stereocenters. The molecule has 0 atom stereocenters. The van der Waals surface area contributed by atoms with E-state index in [2.05, 4.69) is 11.1 Å². The molecule has 3 aromatic carbocycles. The molecule has 0 fully saturated rings. The van der Waals surface area contributed by atoms with Crippen LogP contribution in [0.3, 0.4) is 0 Å². The van der Waals surface area contributed by atoms with Crippen molar-refractivity contribution in [3.05, 3.63) is 101 Å². The lowest BCUT2D eigenvalue weighted by Gasteiger charge is -2.28. The van der Waals surface area contributed by atoms with E-state index in [-0.39, 0.29) is 18.4 Å². The summed E-state index contributed by atoms with van der Waals surface area (Å²) in [6.45, 7) is 4.26. The molecular weight excluding hydrogens is 526 g/mol. The van der Waals surface area contributed by atoms with Crippen molar-refractivity contribution in [2.24, 2.45) is 0 Å². The maximum atomic E-state index is 13.8. The minimum Gasteiger partial charge on any atom is -0.494 e. The topological polar surface area (TPSA) is 74.9 Å². The first-order valence-corrected chi connectivity index (χ1v) is 13.9. The van der Waals surface area contributed by atoms with Crippen LogP contribution in [-0.2, 0) is 22.5 Å². The number of fused-ring (bicyclic) bond motifs is 1. The molecule has 0 saturated heterocycles. The van der Waals surface area contributed by atoms with Gasteiger partial charge in [-0.3, -0.25) is 9.59 Å². The standard InChI is InChI=1S/C32H36ClN3O4/c1-3-40-26-15-13-24(14-16-26)22-35(19-17-25-21-34-30-12-7-5-9-27(25)30)31(37)23-36(18-8-20-39-2)32(38)28-10-4-6-11-29(28)33/h4-7,9-16,21,34H,3,8,17-20,22-23H2,1-2H3. The minimum absolute atomic E-state index is 0.0569.